The van der Waals surface area contributed by atoms with E-state index in [1.165, 1.54) is 25.7 Å². The van der Waals surface area contributed by atoms with Crippen LogP contribution in [0.2, 0.25) is 0 Å². The minimum Gasteiger partial charge on any atom is -0.376 e. The van der Waals surface area contributed by atoms with E-state index in [0.717, 1.165) is 19.3 Å². The van der Waals surface area contributed by atoms with E-state index in [9.17, 15) is 16.8 Å². The highest BCUT2D eigenvalue weighted by molar-refractivity contribution is 7.86. The van der Waals surface area contributed by atoms with Crippen LogP contribution in [0.3, 0.4) is 0 Å². The fourth-order valence-electron chi connectivity index (χ4n) is 2.10. The molecule has 0 aliphatic carbocycles. The van der Waals surface area contributed by atoms with Crippen LogP contribution in [0.4, 0.5) is 0 Å². The van der Waals surface area contributed by atoms with E-state index in [-0.39, 0.29) is 6.61 Å². The van der Waals surface area contributed by atoms with Crippen molar-refractivity contribution in [2.45, 2.75) is 64.4 Å². The van der Waals surface area contributed by atoms with Crippen molar-refractivity contribution < 1.29 is 30.7 Å². The van der Waals surface area contributed by atoms with E-state index in [1.807, 2.05) is 0 Å². The molecule has 0 unspecified atom stereocenters. The predicted octanol–water partition coefficient (Wildman–Crippen LogP) is 2.29. The first-order valence-electron chi connectivity index (χ1n) is 7.66. The van der Waals surface area contributed by atoms with Gasteiger partial charge in [0.05, 0.1) is 6.10 Å². The number of ether oxygens (including phenoxy) is 1. The molecule has 0 saturated heterocycles. The van der Waals surface area contributed by atoms with Gasteiger partial charge in [-0.25, -0.2) is 0 Å². The Morgan fingerprint density at radius 1 is 0.773 bits per heavy atom. The van der Waals surface area contributed by atoms with Crippen LogP contribution in [0.5, 0.6) is 0 Å². The van der Waals surface area contributed by atoms with Crippen molar-refractivity contribution in [3.05, 3.63) is 0 Å². The van der Waals surface area contributed by atoms with Crippen molar-refractivity contribution in [1.29, 1.82) is 0 Å². The maximum Gasteiger partial charge on any atom is 0.267 e. The van der Waals surface area contributed by atoms with E-state index < -0.39 is 37.8 Å². The van der Waals surface area contributed by atoms with Gasteiger partial charge in [-0.05, 0) is 6.42 Å². The van der Waals surface area contributed by atoms with Crippen LogP contribution in [-0.2, 0) is 25.0 Å². The molecular formula is C13H28O7S2. The molecule has 0 amide bonds. The smallest absolute Gasteiger partial charge is 0.267 e. The Labute approximate surface area is 133 Å². The molecule has 0 saturated carbocycles. The third-order valence-corrected chi connectivity index (χ3v) is 4.73. The molecule has 22 heavy (non-hydrogen) atoms. The fraction of sp³-hybridized carbons (Fsp3) is 1.00. The average Bonchev–Trinajstić information content (AvgIpc) is 2.32. The maximum absolute atomic E-state index is 10.8. The second-order valence-corrected chi connectivity index (χ2v) is 8.46. The Balaban J connectivity index is 3.89. The molecule has 0 spiro atoms. The molecule has 0 atom stereocenters. The summed E-state index contributed by atoms with van der Waals surface area (Å²) in [7, 11) is -8.71. The Bertz CT molecular complexity index is 437. The topological polar surface area (TPSA) is 118 Å². The van der Waals surface area contributed by atoms with Crippen molar-refractivity contribution in [2.24, 2.45) is 0 Å². The van der Waals surface area contributed by atoms with Crippen LogP contribution >= 0.6 is 0 Å². The third kappa shape index (κ3) is 16.2. The normalized spacial score (nSPS) is 12.9. The summed E-state index contributed by atoms with van der Waals surface area (Å²) in [5.41, 5.74) is 0. The van der Waals surface area contributed by atoms with Crippen molar-refractivity contribution in [1.82, 2.24) is 0 Å². The number of rotatable bonds is 14. The first-order valence-corrected chi connectivity index (χ1v) is 10.9. The molecule has 0 aromatic carbocycles. The number of hydrogen-bond donors (Lipinski definition) is 2. The van der Waals surface area contributed by atoms with Crippen LogP contribution in [0.15, 0.2) is 0 Å². The lowest BCUT2D eigenvalue weighted by atomic mass is 10.1. The highest BCUT2D eigenvalue weighted by Gasteiger charge is 2.23. The number of hydrogen-bond acceptors (Lipinski definition) is 5. The Kier molecular flexibility index (Phi) is 11.2. The first kappa shape index (κ1) is 21.8. The van der Waals surface area contributed by atoms with E-state index >= 15 is 0 Å². The molecule has 0 aliphatic rings. The zero-order chi connectivity index (χ0) is 17.1. The summed E-state index contributed by atoms with van der Waals surface area (Å²) < 4.78 is 65.8. The standard InChI is InChI=1S/C13H28O7S2/c1-2-3-4-5-6-7-8-9-10-20-13(11-21(14,15)16)12-22(17,18)19/h13H,2-12H2,1H3,(H,14,15,16)(H,17,18,19). The van der Waals surface area contributed by atoms with Crippen LogP contribution in [-0.4, -0.2) is 50.2 Å². The second-order valence-electron chi connectivity index (χ2n) is 5.46. The second kappa shape index (κ2) is 11.3. The molecule has 0 aliphatic heterocycles. The molecule has 134 valence electrons. The third-order valence-electron chi connectivity index (χ3n) is 3.14. The Hall–Kier alpha value is -0.220. The lowest BCUT2D eigenvalue weighted by molar-refractivity contribution is 0.0775. The average molecular weight is 360 g/mol. The fourth-order valence-corrected chi connectivity index (χ4v) is 3.62. The molecule has 9 heteroatoms. The van der Waals surface area contributed by atoms with Crippen LogP contribution < -0.4 is 0 Å². The molecule has 0 aromatic rings. The van der Waals surface area contributed by atoms with E-state index in [0.29, 0.717) is 6.42 Å². The predicted molar refractivity (Wildman–Crippen MR) is 85.2 cm³/mol. The zero-order valence-corrected chi connectivity index (χ0v) is 14.7. The van der Waals surface area contributed by atoms with Gasteiger partial charge in [-0.3, -0.25) is 9.11 Å². The quantitative estimate of drug-likeness (QED) is 0.360. The SMILES string of the molecule is CCCCCCCCCCOC(CS(=O)(=O)O)CS(=O)(=O)O. The van der Waals surface area contributed by atoms with E-state index in [4.69, 9.17) is 13.8 Å². The van der Waals surface area contributed by atoms with Gasteiger partial charge >= 0.3 is 0 Å². The number of unbranched alkanes of at least 4 members (excludes halogenated alkanes) is 7. The van der Waals surface area contributed by atoms with Gasteiger partial charge in [-0.15, -0.1) is 0 Å². The van der Waals surface area contributed by atoms with Gasteiger partial charge < -0.3 is 4.74 Å². The molecule has 7 nitrogen and oxygen atoms in total. The van der Waals surface area contributed by atoms with Crippen molar-refractivity contribution in [2.75, 3.05) is 18.1 Å². The van der Waals surface area contributed by atoms with Crippen molar-refractivity contribution in [3.63, 3.8) is 0 Å². The molecule has 0 fully saturated rings. The molecule has 0 heterocycles. The summed E-state index contributed by atoms with van der Waals surface area (Å²) in [6.45, 7) is 2.36. The van der Waals surface area contributed by atoms with Crippen molar-refractivity contribution in [3.8, 4) is 0 Å². The summed E-state index contributed by atoms with van der Waals surface area (Å²) in [6.07, 6.45) is 7.41. The summed E-state index contributed by atoms with van der Waals surface area (Å²) in [4.78, 5) is 0. The van der Waals surface area contributed by atoms with Gasteiger partial charge in [0.15, 0.2) is 0 Å². The molecule has 0 rings (SSSR count). The lowest BCUT2D eigenvalue weighted by Crippen LogP contribution is -2.31. The van der Waals surface area contributed by atoms with Gasteiger partial charge in [0.25, 0.3) is 20.2 Å². The molecule has 2 N–H and O–H groups in total. The minimum atomic E-state index is -4.36. The van der Waals surface area contributed by atoms with Crippen LogP contribution in [0.1, 0.15) is 58.3 Å². The molecule has 0 bridgehead atoms. The van der Waals surface area contributed by atoms with Gasteiger partial charge in [0.2, 0.25) is 0 Å². The van der Waals surface area contributed by atoms with E-state index in [2.05, 4.69) is 6.92 Å². The summed E-state index contributed by atoms with van der Waals surface area (Å²) in [5.74, 6) is -1.69. The van der Waals surface area contributed by atoms with Gasteiger partial charge in [0, 0.05) is 6.61 Å². The van der Waals surface area contributed by atoms with Gasteiger partial charge in [-0.2, -0.15) is 16.8 Å². The van der Waals surface area contributed by atoms with Crippen LogP contribution in [0, 0.1) is 0 Å². The first-order chi connectivity index (χ1) is 10.1. The van der Waals surface area contributed by atoms with Gasteiger partial charge in [-0.1, -0.05) is 51.9 Å². The minimum absolute atomic E-state index is 0.199. The molecule has 0 aromatic heterocycles. The highest BCUT2D eigenvalue weighted by Crippen LogP contribution is 2.09. The van der Waals surface area contributed by atoms with Crippen molar-refractivity contribution >= 4 is 20.2 Å². The monoisotopic (exact) mass is 360 g/mol. The summed E-state index contributed by atoms with van der Waals surface area (Å²) in [5, 5.41) is 0. The van der Waals surface area contributed by atoms with E-state index in [1.54, 1.807) is 0 Å². The molecule has 0 radical (unpaired) electrons. The Morgan fingerprint density at radius 2 is 1.18 bits per heavy atom. The maximum atomic E-state index is 10.8. The lowest BCUT2D eigenvalue weighted by Gasteiger charge is -2.15. The zero-order valence-electron chi connectivity index (χ0n) is 13.1. The Morgan fingerprint density at radius 3 is 1.59 bits per heavy atom. The van der Waals surface area contributed by atoms with Gasteiger partial charge in [0.1, 0.15) is 11.5 Å². The highest BCUT2D eigenvalue weighted by atomic mass is 32.2. The largest absolute Gasteiger partial charge is 0.376 e. The summed E-state index contributed by atoms with van der Waals surface area (Å²) in [6, 6.07) is 0. The van der Waals surface area contributed by atoms with Crippen LogP contribution in [0.25, 0.3) is 0 Å². The summed E-state index contributed by atoms with van der Waals surface area (Å²) >= 11 is 0. The molecular weight excluding hydrogens is 332 g/mol.